The Morgan fingerprint density at radius 2 is 2.10 bits per heavy atom. The molecule has 0 unspecified atom stereocenters. The fourth-order valence-electron chi connectivity index (χ4n) is 5.78. The van der Waals surface area contributed by atoms with Crippen LogP contribution in [0.15, 0.2) is 22.6 Å². The maximum Gasteiger partial charge on any atom is 0.254 e. The average Bonchev–Trinajstić information content (AvgIpc) is 3.38. The number of furan rings is 1. The van der Waals surface area contributed by atoms with Crippen LogP contribution in [0, 0.1) is 39.5 Å². The molecule has 1 spiro atoms. The molecule has 0 aromatic carbocycles. The van der Waals surface area contributed by atoms with Crippen molar-refractivity contribution in [2.75, 3.05) is 24.5 Å². The lowest BCUT2D eigenvalue weighted by Gasteiger charge is -2.29. The van der Waals surface area contributed by atoms with Gasteiger partial charge in [-0.1, -0.05) is 0 Å². The second-order valence-corrected chi connectivity index (χ2v) is 9.09. The average molecular weight is 396 g/mol. The molecule has 6 nitrogen and oxygen atoms in total. The third kappa shape index (κ3) is 3.05. The van der Waals surface area contributed by atoms with Gasteiger partial charge in [0.2, 0.25) is 0 Å². The fourth-order valence-corrected chi connectivity index (χ4v) is 5.78. The molecule has 3 fully saturated rings. The Balaban J connectivity index is 1.31. The van der Waals surface area contributed by atoms with Crippen LogP contribution < -0.4 is 10.2 Å². The van der Waals surface area contributed by atoms with Gasteiger partial charge >= 0.3 is 0 Å². The van der Waals surface area contributed by atoms with Crippen molar-refractivity contribution in [1.29, 1.82) is 0 Å². The van der Waals surface area contributed by atoms with Gasteiger partial charge in [-0.2, -0.15) is 0 Å². The van der Waals surface area contributed by atoms with Gasteiger partial charge in [0.25, 0.3) is 5.91 Å². The van der Waals surface area contributed by atoms with Gasteiger partial charge in [0.05, 0.1) is 17.3 Å². The molecule has 0 saturated carbocycles. The molecule has 2 bridgehead atoms. The number of carbonyl (C=O) groups excluding carboxylic acids is 1. The van der Waals surface area contributed by atoms with E-state index in [-0.39, 0.29) is 17.6 Å². The van der Waals surface area contributed by atoms with Crippen LogP contribution >= 0.6 is 0 Å². The molecular weight excluding hydrogens is 366 g/mol. The van der Waals surface area contributed by atoms with Crippen LogP contribution in [0.4, 0.5) is 5.82 Å². The first kappa shape index (κ1) is 18.7. The Morgan fingerprint density at radius 3 is 2.83 bits per heavy atom. The zero-order chi connectivity index (χ0) is 20.3. The van der Waals surface area contributed by atoms with E-state index in [1.165, 1.54) is 5.56 Å². The molecule has 3 aliphatic rings. The zero-order valence-electron chi connectivity index (χ0n) is 17.6. The second kappa shape index (κ2) is 6.59. The molecule has 1 N–H and O–H groups in total. The Kier molecular flexibility index (Phi) is 4.24. The Hall–Kier alpha value is -2.34. The summed E-state index contributed by atoms with van der Waals surface area (Å²) in [5, 5.41) is 3.15. The molecule has 6 heteroatoms. The maximum absolute atomic E-state index is 12.7. The number of nitrogens with zero attached hydrogens (tertiary/aromatic N) is 2. The molecule has 2 aromatic heterocycles. The minimum atomic E-state index is -0.0818. The van der Waals surface area contributed by atoms with Crippen molar-refractivity contribution < 1.29 is 13.9 Å². The van der Waals surface area contributed by atoms with Crippen molar-refractivity contribution >= 4 is 11.7 Å². The number of hydrogen-bond donors (Lipinski definition) is 1. The molecule has 2 aromatic rings. The molecule has 3 aliphatic heterocycles. The van der Waals surface area contributed by atoms with Crippen LogP contribution in [0.2, 0.25) is 0 Å². The monoisotopic (exact) mass is 395 g/mol. The summed E-state index contributed by atoms with van der Waals surface area (Å²) >= 11 is 0. The number of pyridine rings is 1. The van der Waals surface area contributed by atoms with Crippen molar-refractivity contribution in [2.24, 2.45) is 11.8 Å². The summed E-state index contributed by atoms with van der Waals surface area (Å²) in [7, 11) is 0. The summed E-state index contributed by atoms with van der Waals surface area (Å²) in [5.74, 6) is 3.21. The number of ether oxygens (including phenoxy) is 1. The van der Waals surface area contributed by atoms with Crippen LogP contribution in [0.3, 0.4) is 0 Å². The zero-order valence-corrected chi connectivity index (χ0v) is 17.6. The third-order valence-electron chi connectivity index (χ3n) is 6.98. The van der Waals surface area contributed by atoms with E-state index < -0.39 is 0 Å². The van der Waals surface area contributed by atoms with E-state index in [1.54, 1.807) is 0 Å². The summed E-state index contributed by atoms with van der Waals surface area (Å²) < 4.78 is 12.0. The van der Waals surface area contributed by atoms with Crippen molar-refractivity contribution in [3.63, 3.8) is 0 Å². The highest BCUT2D eigenvalue weighted by Gasteiger charge is 2.63. The topological polar surface area (TPSA) is 67.6 Å². The van der Waals surface area contributed by atoms with Crippen LogP contribution in [0.25, 0.3) is 0 Å². The normalized spacial score (nSPS) is 30.1. The second-order valence-electron chi connectivity index (χ2n) is 9.09. The van der Waals surface area contributed by atoms with Gasteiger partial charge in [-0.25, -0.2) is 4.98 Å². The molecular formula is C23H29N3O3. The largest absolute Gasteiger partial charge is 0.466 e. The highest BCUT2D eigenvalue weighted by Crippen LogP contribution is 2.55. The summed E-state index contributed by atoms with van der Waals surface area (Å²) in [6.45, 7) is 10.4. The van der Waals surface area contributed by atoms with E-state index in [1.807, 2.05) is 26.8 Å². The van der Waals surface area contributed by atoms with E-state index in [2.05, 4.69) is 29.3 Å². The summed E-state index contributed by atoms with van der Waals surface area (Å²) in [4.78, 5) is 19.8. The molecule has 5 heterocycles. The van der Waals surface area contributed by atoms with Crippen LogP contribution in [0.1, 0.15) is 46.0 Å². The van der Waals surface area contributed by atoms with Gasteiger partial charge < -0.3 is 19.4 Å². The highest BCUT2D eigenvalue weighted by molar-refractivity contribution is 5.95. The maximum atomic E-state index is 12.7. The molecule has 0 aliphatic carbocycles. The molecule has 3 saturated heterocycles. The number of amides is 1. The van der Waals surface area contributed by atoms with Crippen molar-refractivity contribution in [3.8, 4) is 0 Å². The number of aryl methyl sites for hydroxylation is 4. The Morgan fingerprint density at radius 1 is 1.28 bits per heavy atom. The van der Waals surface area contributed by atoms with E-state index in [9.17, 15) is 4.79 Å². The minimum Gasteiger partial charge on any atom is -0.466 e. The fraction of sp³-hybridized carbons (Fsp3) is 0.565. The quantitative estimate of drug-likeness (QED) is 0.860. The van der Waals surface area contributed by atoms with Crippen molar-refractivity contribution in [2.45, 2.75) is 52.2 Å². The lowest BCUT2D eigenvalue weighted by Crippen LogP contribution is -2.41. The van der Waals surface area contributed by atoms with Crippen LogP contribution in [0.5, 0.6) is 0 Å². The smallest absolute Gasteiger partial charge is 0.254 e. The first-order valence-electron chi connectivity index (χ1n) is 10.6. The van der Waals surface area contributed by atoms with Gasteiger partial charge in [0.1, 0.15) is 17.3 Å². The van der Waals surface area contributed by atoms with Gasteiger partial charge in [-0.3, -0.25) is 4.79 Å². The highest BCUT2D eigenvalue weighted by atomic mass is 16.5. The van der Waals surface area contributed by atoms with Gasteiger partial charge in [0.15, 0.2) is 0 Å². The van der Waals surface area contributed by atoms with Crippen LogP contribution in [-0.4, -0.2) is 42.2 Å². The first-order valence-corrected chi connectivity index (χ1v) is 10.6. The SMILES string of the molecule is Cc1cc(C)nc(N2C[C@@H]3[C@H](CNC(=O)c4cc(C)oc4C)[C@H]4CC[C@]3(C2)O4)c1. The molecule has 0 radical (unpaired) electrons. The molecule has 154 valence electrons. The van der Waals surface area contributed by atoms with Gasteiger partial charge in [-0.15, -0.1) is 0 Å². The number of fused-ring (bicyclic) bond motifs is 1. The summed E-state index contributed by atoms with van der Waals surface area (Å²) in [6, 6.07) is 6.09. The molecule has 4 atom stereocenters. The van der Waals surface area contributed by atoms with E-state index in [0.29, 0.717) is 29.7 Å². The number of hydrogen-bond acceptors (Lipinski definition) is 5. The van der Waals surface area contributed by atoms with Crippen molar-refractivity contribution in [1.82, 2.24) is 10.3 Å². The summed E-state index contributed by atoms with van der Waals surface area (Å²) in [5.41, 5.74) is 2.84. The van der Waals surface area contributed by atoms with Gasteiger partial charge in [-0.05, 0) is 64.3 Å². The number of rotatable bonds is 4. The molecule has 5 rings (SSSR count). The summed E-state index contributed by atoms with van der Waals surface area (Å²) in [6.07, 6.45) is 2.44. The Labute approximate surface area is 171 Å². The predicted molar refractivity (Wildman–Crippen MR) is 110 cm³/mol. The van der Waals surface area contributed by atoms with Crippen LogP contribution in [-0.2, 0) is 4.74 Å². The lowest BCUT2D eigenvalue weighted by molar-refractivity contribution is 0.0141. The van der Waals surface area contributed by atoms with E-state index in [4.69, 9.17) is 14.1 Å². The molecule has 1 amide bonds. The van der Waals surface area contributed by atoms with Crippen molar-refractivity contribution in [3.05, 3.63) is 46.5 Å². The van der Waals surface area contributed by atoms with E-state index >= 15 is 0 Å². The standard InChI is InChI=1S/C23H29N3O3/c1-13-7-14(2)25-21(8-13)26-11-19-18(20-5-6-23(19,12-26)29-20)10-24-22(27)17-9-15(3)28-16(17)4/h7-9,18-20H,5-6,10-12H2,1-4H3,(H,24,27)/t18-,19+,20+,23+/m0/s1. The predicted octanol–water partition coefficient (Wildman–Crippen LogP) is 3.32. The number of aromatic nitrogens is 1. The number of nitrogens with one attached hydrogen (secondary N) is 1. The number of anilines is 1. The molecule has 29 heavy (non-hydrogen) atoms. The first-order chi connectivity index (χ1) is 13.8. The van der Waals surface area contributed by atoms with Gasteiger partial charge in [0, 0.05) is 37.2 Å². The lowest BCUT2D eigenvalue weighted by atomic mass is 9.73. The number of carbonyl (C=O) groups is 1. The third-order valence-corrected chi connectivity index (χ3v) is 6.98. The minimum absolute atomic E-state index is 0.0537. The van der Waals surface area contributed by atoms with E-state index in [0.717, 1.165) is 43.2 Å². The Bertz CT molecular complexity index is 948.